The van der Waals surface area contributed by atoms with Crippen LogP contribution in [-0.2, 0) is 14.9 Å². The number of nitrogens with zero attached hydrogens (tertiary/aromatic N) is 2. The topological polar surface area (TPSA) is 36.1 Å². The molecule has 1 aromatic rings. The van der Waals surface area contributed by atoms with Crippen molar-refractivity contribution in [2.75, 3.05) is 37.7 Å². The Kier molecular flexibility index (Phi) is 5.18. The molecule has 4 aliphatic rings. The number of rotatable bonds is 4. The molecular formula is C24H34N2O2. The van der Waals surface area contributed by atoms with E-state index >= 15 is 0 Å². The average Bonchev–Trinajstić information content (AvgIpc) is 3.49. The molecule has 5 rings (SSSR count). The van der Waals surface area contributed by atoms with Crippen molar-refractivity contribution >= 4 is 11.6 Å². The number of benzene rings is 1. The quantitative estimate of drug-likeness (QED) is 0.735. The van der Waals surface area contributed by atoms with Gasteiger partial charge in [0.1, 0.15) is 0 Å². The van der Waals surface area contributed by atoms with Crippen molar-refractivity contribution in [3.05, 3.63) is 29.8 Å². The summed E-state index contributed by atoms with van der Waals surface area (Å²) in [6, 6.07) is 8.50. The molecule has 3 fully saturated rings. The van der Waals surface area contributed by atoms with Gasteiger partial charge in [0, 0.05) is 12.2 Å². The van der Waals surface area contributed by atoms with Crippen LogP contribution in [0.15, 0.2) is 24.3 Å². The standard InChI is InChI=1S/C24H34N2O2/c27-23-24(21-10-6-7-11-22(21)26(23)17-20-18-28-20)12-14-25(15-13-24)16-19-8-4-2-1-3-5-9-19/h6-7,10-11,19-20H,1-5,8-9,12-18H2. The molecule has 1 spiro atoms. The van der Waals surface area contributed by atoms with Gasteiger partial charge in [-0.3, -0.25) is 4.79 Å². The van der Waals surface area contributed by atoms with Gasteiger partial charge in [-0.05, 0) is 56.3 Å². The zero-order valence-corrected chi connectivity index (χ0v) is 17.1. The fraction of sp³-hybridized carbons (Fsp3) is 0.708. The Hall–Kier alpha value is -1.39. The summed E-state index contributed by atoms with van der Waals surface area (Å²) >= 11 is 0. The van der Waals surface area contributed by atoms with Gasteiger partial charge in [0.15, 0.2) is 0 Å². The lowest BCUT2D eigenvalue weighted by Gasteiger charge is -2.40. The molecule has 1 aliphatic carbocycles. The molecule has 0 aromatic heterocycles. The number of anilines is 1. The fourth-order valence-electron chi connectivity index (χ4n) is 5.84. The molecule has 0 N–H and O–H groups in total. The van der Waals surface area contributed by atoms with E-state index in [-0.39, 0.29) is 11.5 Å². The molecule has 0 radical (unpaired) electrons. The molecule has 28 heavy (non-hydrogen) atoms. The summed E-state index contributed by atoms with van der Waals surface area (Å²) in [5, 5.41) is 0. The van der Waals surface area contributed by atoms with E-state index in [2.05, 4.69) is 29.2 Å². The lowest BCUT2D eigenvalue weighted by molar-refractivity contribution is -0.125. The van der Waals surface area contributed by atoms with Crippen LogP contribution in [0.4, 0.5) is 5.69 Å². The lowest BCUT2D eigenvalue weighted by atomic mass is 9.73. The molecule has 4 nitrogen and oxygen atoms in total. The van der Waals surface area contributed by atoms with Crippen molar-refractivity contribution in [1.82, 2.24) is 4.90 Å². The highest BCUT2D eigenvalue weighted by molar-refractivity contribution is 6.08. The first kappa shape index (κ1) is 18.6. The molecule has 4 heteroatoms. The van der Waals surface area contributed by atoms with E-state index in [0.29, 0.717) is 5.91 Å². The molecule has 1 atom stereocenters. The van der Waals surface area contributed by atoms with Crippen molar-refractivity contribution in [3.8, 4) is 0 Å². The summed E-state index contributed by atoms with van der Waals surface area (Å²) in [6.45, 7) is 4.89. The van der Waals surface area contributed by atoms with Crippen LogP contribution in [0.5, 0.6) is 0 Å². The van der Waals surface area contributed by atoms with E-state index < -0.39 is 0 Å². The van der Waals surface area contributed by atoms with Crippen molar-refractivity contribution in [3.63, 3.8) is 0 Å². The summed E-state index contributed by atoms with van der Waals surface area (Å²) in [7, 11) is 0. The van der Waals surface area contributed by atoms with Crippen LogP contribution >= 0.6 is 0 Å². The van der Waals surface area contributed by atoms with Gasteiger partial charge in [-0.25, -0.2) is 0 Å². The number of piperidine rings is 1. The second kappa shape index (κ2) is 7.79. The van der Waals surface area contributed by atoms with Gasteiger partial charge in [-0.15, -0.1) is 0 Å². The van der Waals surface area contributed by atoms with Gasteiger partial charge >= 0.3 is 0 Å². The molecule has 1 unspecified atom stereocenters. The third-order valence-electron chi connectivity index (χ3n) is 7.60. The first-order valence-corrected chi connectivity index (χ1v) is 11.5. The molecule has 2 saturated heterocycles. The smallest absolute Gasteiger partial charge is 0.237 e. The number of carbonyl (C=O) groups excluding carboxylic acids is 1. The van der Waals surface area contributed by atoms with Crippen LogP contribution < -0.4 is 4.90 Å². The first-order valence-electron chi connectivity index (χ1n) is 11.5. The number of hydrogen-bond donors (Lipinski definition) is 0. The largest absolute Gasteiger partial charge is 0.371 e. The Labute approximate surface area is 169 Å². The van der Waals surface area contributed by atoms with Gasteiger partial charge in [-0.2, -0.15) is 0 Å². The normalized spacial score (nSPS) is 28.2. The van der Waals surface area contributed by atoms with E-state index in [1.165, 1.54) is 57.1 Å². The van der Waals surface area contributed by atoms with Crippen LogP contribution in [0.25, 0.3) is 0 Å². The molecule has 3 aliphatic heterocycles. The highest BCUT2D eigenvalue weighted by Crippen LogP contribution is 2.48. The van der Waals surface area contributed by atoms with Crippen LogP contribution in [-0.4, -0.2) is 49.7 Å². The van der Waals surface area contributed by atoms with E-state index in [1.54, 1.807) is 0 Å². The predicted molar refractivity (Wildman–Crippen MR) is 112 cm³/mol. The lowest BCUT2D eigenvalue weighted by Crippen LogP contribution is -2.50. The number of fused-ring (bicyclic) bond motifs is 2. The number of epoxide rings is 1. The minimum Gasteiger partial charge on any atom is -0.371 e. The Balaban J connectivity index is 1.27. The number of likely N-dealkylation sites (tertiary alicyclic amines) is 1. The number of ether oxygens (including phenoxy) is 1. The van der Waals surface area contributed by atoms with Crippen LogP contribution in [0.1, 0.15) is 63.4 Å². The minimum absolute atomic E-state index is 0.242. The maximum absolute atomic E-state index is 13.5. The van der Waals surface area contributed by atoms with Crippen molar-refractivity contribution in [1.29, 1.82) is 0 Å². The zero-order chi connectivity index (χ0) is 19.0. The molecule has 1 saturated carbocycles. The highest BCUT2D eigenvalue weighted by atomic mass is 16.6. The molecule has 3 heterocycles. The van der Waals surface area contributed by atoms with Crippen molar-refractivity contribution < 1.29 is 9.53 Å². The van der Waals surface area contributed by atoms with Crippen molar-refractivity contribution in [2.24, 2.45) is 5.92 Å². The highest BCUT2D eigenvalue weighted by Gasteiger charge is 2.52. The Morgan fingerprint density at radius 1 is 0.964 bits per heavy atom. The number of para-hydroxylation sites is 1. The van der Waals surface area contributed by atoms with Crippen LogP contribution in [0.3, 0.4) is 0 Å². The zero-order valence-electron chi connectivity index (χ0n) is 17.1. The van der Waals surface area contributed by atoms with E-state index in [9.17, 15) is 4.79 Å². The summed E-state index contributed by atoms with van der Waals surface area (Å²) in [4.78, 5) is 18.2. The van der Waals surface area contributed by atoms with Crippen LogP contribution in [0, 0.1) is 5.92 Å². The van der Waals surface area contributed by atoms with Gasteiger partial charge in [0.25, 0.3) is 0 Å². The summed E-state index contributed by atoms with van der Waals surface area (Å²) in [6.07, 6.45) is 12.1. The first-order chi connectivity index (χ1) is 13.8. The van der Waals surface area contributed by atoms with Crippen LogP contribution in [0.2, 0.25) is 0 Å². The SMILES string of the molecule is O=C1N(CC2CO2)c2ccccc2C12CCN(CC1CCCCCCC1)CC2. The molecule has 0 bridgehead atoms. The van der Waals surface area contributed by atoms with Gasteiger partial charge in [-0.1, -0.05) is 50.3 Å². The maximum Gasteiger partial charge on any atom is 0.237 e. The van der Waals surface area contributed by atoms with E-state index in [0.717, 1.165) is 50.7 Å². The molecule has 152 valence electrons. The van der Waals surface area contributed by atoms with Gasteiger partial charge in [0.2, 0.25) is 5.91 Å². The maximum atomic E-state index is 13.5. The van der Waals surface area contributed by atoms with E-state index in [4.69, 9.17) is 4.74 Å². The third kappa shape index (κ3) is 3.50. The monoisotopic (exact) mass is 382 g/mol. The number of carbonyl (C=O) groups is 1. The number of hydrogen-bond acceptors (Lipinski definition) is 3. The average molecular weight is 383 g/mol. The summed E-state index contributed by atoms with van der Waals surface area (Å²) < 4.78 is 5.43. The third-order valence-corrected chi connectivity index (χ3v) is 7.60. The summed E-state index contributed by atoms with van der Waals surface area (Å²) in [5.74, 6) is 1.19. The molecule has 1 amide bonds. The molecule has 1 aromatic carbocycles. The van der Waals surface area contributed by atoms with Gasteiger partial charge in [0.05, 0.1) is 24.7 Å². The second-order valence-corrected chi connectivity index (χ2v) is 9.48. The van der Waals surface area contributed by atoms with E-state index in [1.807, 2.05) is 4.90 Å². The number of amides is 1. The summed E-state index contributed by atoms with van der Waals surface area (Å²) in [5.41, 5.74) is 2.12. The Morgan fingerprint density at radius 2 is 1.64 bits per heavy atom. The molecular weight excluding hydrogens is 348 g/mol. The van der Waals surface area contributed by atoms with Crippen molar-refractivity contribution in [2.45, 2.75) is 69.3 Å². The van der Waals surface area contributed by atoms with Gasteiger partial charge < -0.3 is 14.5 Å². The Morgan fingerprint density at radius 3 is 2.36 bits per heavy atom. The fourth-order valence-corrected chi connectivity index (χ4v) is 5.84. The second-order valence-electron chi connectivity index (χ2n) is 9.48. The minimum atomic E-state index is -0.289. The Bertz CT molecular complexity index is 698. The predicted octanol–water partition coefficient (Wildman–Crippen LogP) is 4.13.